The molecule has 0 spiro atoms. The molecule has 2 aliphatic heterocycles. The molecule has 2 fully saturated rings. The predicted molar refractivity (Wildman–Crippen MR) is 178 cm³/mol. The number of piperidine rings is 1. The third kappa shape index (κ3) is 8.71. The van der Waals surface area contributed by atoms with Gasteiger partial charge in [-0.05, 0) is 69.8 Å². The summed E-state index contributed by atoms with van der Waals surface area (Å²) >= 11 is 1.95. The van der Waals surface area contributed by atoms with Gasteiger partial charge in [-0.25, -0.2) is 14.4 Å². The fraction of sp³-hybridized carbons (Fsp3) is 0.594. The fourth-order valence-electron chi connectivity index (χ4n) is 6.34. The Labute approximate surface area is 269 Å². The van der Waals surface area contributed by atoms with Crippen LogP contribution < -0.4 is 15.5 Å². The summed E-state index contributed by atoms with van der Waals surface area (Å²) in [5.74, 6) is 0.717. The summed E-state index contributed by atoms with van der Waals surface area (Å²) in [5, 5.41) is 11.7. The summed E-state index contributed by atoms with van der Waals surface area (Å²) in [4.78, 5) is 36.9. The number of carbonyl (C=O) groups excluding carboxylic acids is 2. The molecule has 1 aromatic carbocycles. The van der Waals surface area contributed by atoms with Crippen LogP contribution in [0.15, 0.2) is 24.5 Å². The number of aldehydes is 1. The number of nitrogens with one attached hydrogen (secondary N) is 2. The zero-order chi connectivity index (χ0) is 31.8. The molecule has 45 heavy (non-hydrogen) atoms. The minimum Gasteiger partial charge on any atom is -0.370 e. The molecule has 5 rings (SSSR count). The van der Waals surface area contributed by atoms with Gasteiger partial charge in [0.25, 0.3) is 0 Å². The lowest BCUT2D eigenvalue weighted by Gasteiger charge is -2.31. The van der Waals surface area contributed by atoms with Crippen LogP contribution in [-0.4, -0.2) is 106 Å². The first-order valence-electron chi connectivity index (χ1n) is 16.1. The van der Waals surface area contributed by atoms with E-state index in [9.17, 15) is 14.0 Å². The monoisotopic (exact) mass is 639 g/mol. The molecule has 1 amide bonds. The second kappa shape index (κ2) is 15.8. The first-order chi connectivity index (χ1) is 21.8. The number of fused-ring (bicyclic) bond motifs is 1. The summed E-state index contributed by atoms with van der Waals surface area (Å²) in [7, 11) is 3.54. The van der Waals surface area contributed by atoms with Gasteiger partial charge >= 0.3 is 0 Å². The molecule has 3 aromatic rings. The number of hydrogen-bond acceptors (Lipinski definition) is 10. The Kier molecular flexibility index (Phi) is 11.6. The number of rotatable bonds is 13. The van der Waals surface area contributed by atoms with Crippen molar-refractivity contribution in [2.24, 2.45) is 7.05 Å². The van der Waals surface area contributed by atoms with Crippen molar-refractivity contribution in [3.05, 3.63) is 41.6 Å². The van der Waals surface area contributed by atoms with Crippen molar-refractivity contribution >= 4 is 46.7 Å². The number of anilines is 2. The van der Waals surface area contributed by atoms with Gasteiger partial charge in [-0.2, -0.15) is 5.10 Å². The topological polar surface area (TPSA) is 112 Å². The minimum atomic E-state index is -0.417. The molecule has 0 saturated carbocycles. The SMILES string of the molecule is CNC(=O)CCC(C=O)c1nn(C)c2cc(N3CCCN(CCCSN4CCC(Nc5ncc(F)cn5)CC4)CC3)c(C)cc12. The second-order valence-electron chi connectivity index (χ2n) is 12.1. The Morgan fingerprint density at radius 3 is 2.64 bits per heavy atom. The highest BCUT2D eigenvalue weighted by Gasteiger charge is 2.24. The van der Waals surface area contributed by atoms with Crippen LogP contribution >= 0.6 is 11.9 Å². The highest BCUT2D eigenvalue weighted by Crippen LogP contribution is 2.33. The molecular formula is C32H46FN9O2S. The average Bonchev–Trinajstić information content (AvgIpc) is 3.20. The van der Waals surface area contributed by atoms with Gasteiger partial charge in [-0.3, -0.25) is 13.8 Å². The van der Waals surface area contributed by atoms with Crippen LogP contribution in [0.25, 0.3) is 10.9 Å². The van der Waals surface area contributed by atoms with E-state index < -0.39 is 11.7 Å². The van der Waals surface area contributed by atoms with E-state index in [2.05, 4.69) is 53.8 Å². The van der Waals surface area contributed by atoms with Crippen molar-refractivity contribution in [3.8, 4) is 0 Å². The largest absolute Gasteiger partial charge is 0.370 e. The molecule has 2 aromatic heterocycles. The Bertz CT molecular complexity index is 1430. The minimum absolute atomic E-state index is 0.0699. The summed E-state index contributed by atoms with van der Waals surface area (Å²) in [6.45, 7) is 9.42. The van der Waals surface area contributed by atoms with Crippen LogP contribution in [-0.2, 0) is 16.6 Å². The number of aryl methyl sites for hydroxylation is 2. The lowest BCUT2D eigenvalue weighted by Crippen LogP contribution is -2.36. The molecule has 13 heteroatoms. The van der Waals surface area contributed by atoms with E-state index in [1.165, 1.54) is 23.6 Å². The van der Waals surface area contributed by atoms with E-state index in [4.69, 9.17) is 5.10 Å². The molecular weight excluding hydrogens is 593 g/mol. The van der Waals surface area contributed by atoms with Gasteiger partial charge in [0.05, 0.1) is 29.5 Å². The zero-order valence-electron chi connectivity index (χ0n) is 26.7. The van der Waals surface area contributed by atoms with Crippen molar-refractivity contribution in [1.82, 2.24) is 34.3 Å². The lowest BCUT2D eigenvalue weighted by atomic mass is 9.96. The molecule has 0 bridgehead atoms. The zero-order valence-corrected chi connectivity index (χ0v) is 27.5. The summed E-state index contributed by atoms with van der Waals surface area (Å²) in [5.41, 5.74) is 4.17. The van der Waals surface area contributed by atoms with Crippen molar-refractivity contribution in [1.29, 1.82) is 0 Å². The molecule has 1 atom stereocenters. The molecule has 2 aliphatic rings. The van der Waals surface area contributed by atoms with Gasteiger partial charge in [0.1, 0.15) is 6.29 Å². The maximum Gasteiger partial charge on any atom is 0.222 e. The summed E-state index contributed by atoms with van der Waals surface area (Å²) in [6, 6.07) is 4.71. The molecule has 11 nitrogen and oxygen atoms in total. The van der Waals surface area contributed by atoms with Gasteiger partial charge in [0.15, 0.2) is 5.82 Å². The molecule has 4 heterocycles. The van der Waals surface area contributed by atoms with E-state index in [0.717, 1.165) is 100 Å². The first kappa shape index (κ1) is 33.1. The van der Waals surface area contributed by atoms with Crippen LogP contribution in [0.3, 0.4) is 0 Å². The van der Waals surface area contributed by atoms with Crippen molar-refractivity contribution in [2.45, 2.75) is 57.4 Å². The first-order valence-corrected chi connectivity index (χ1v) is 17.0. The molecule has 2 N–H and O–H groups in total. The van der Waals surface area contributed by atoms with E-state index in [-0.39, 0.29) is 5.91 Å². The lowest BCUT2D eigenvalue weighted by molar-refractivity contribution is -0.120. The Morgan fingerprint density at radius 2 is 1.91 bits per heavy atom. The van der Waals surface area contributed by atoms with E-state index in [0.29, 0.717) is 24.8 Å². The van der Waals surface area contributed by atoms with Crippen molar-refractivity contribution < 1.29 is 14.0 Å². The van der Waals surface area contributed by atoms with Crippen LogP contribution in [0.1, 0.15) is 55.7 Å². The van der Waals surface area contributed by atoms with Gasteiger partial charge in [0.2, 0.25) is 11.9 Å². The third-order valence-corrected chi connectivity index (χ3v) is 10.1. The number of benzene rings is 1. The predicted octanol–water partition coefficient (Wildman–Crippen LogP) is 3.75. The van der Waals surface area contributed by atoms with Crippen LogP contribution in [0, 0.1) is 12.7 Å². The van der Waals surface area contributed by atoms with Gasteiger partial charge in [0, 0.05) is 76.1 Å². The fourth-order valence-corrected chi connectivity index (χ4v) is 7.32. The summed E-state index contributed by atoms with van der Waals surface area (Å²) < 4.78 is 17.4. The Hall–Kier alpha value is -3.29. The number of halogens is 1. The molecule has 244 valence electrons. The highest BCUT2D eigenvalue weighted by atomic mass is 32.2. The number of hydrogen-bond donors (Lipinski definition) is 2. The van der Waals surface area contributed by atoms with Gasteiger partial charge in [-0.1, -0.05) is 11.9 Å². The molecule has 2 saturated heterocycles. The molecule has 0 radical (unpaired) electrons. The number of aromatic nitrogens is 4. The third-order valence-electron chi connectivity index (χ3n) is 8.90. The standard InChI is InChI=1S/C32H46FN9O2S/c1-23-18-27-29(39(3)38-31(27)24(22-43)6-7-30(44)34-2)19-28(23)41-12-4-10-40(15-16-41)11-5-17-45-42-13-8-26(9-14-42)37-32-35-20-25(33)21-36-32/h18-22,24,26H,4-17H2,1-3H3,(H,34,44)(H,35,36,37). The maximum atomic E-state index is 13.1. The number of amides is 1. The quantitative estimate of drug-likeness (QED) is 0.163. The van der Waals surface area contributed by atoms with Crippen molar-refractivity contribution in [3.63, 3.8) is 0 Å². The van der Waals surface area contributed by atoms with E-state index in [1.54, 1.807) is 7.05 Å². The van der Waals surface area contributed by atoms with E-state index in [1.807, 2.05) is 23.7 Å². The average molecular weight is 640 g/mol. The highest BCUT2D eigenvalue weighted by molar-refractivity contribution is 7.97. The van der Waals surface area contributed by atoms with E-state index >= 15 is 0 Å². The van der Waals surface area contributed by atoms with Gasteiger partial charge < -0.3 is 25.2 Å². The van der Waals surface area contributed by atoms with Crippen molar-refractivity contribution in [2.75, 3.05) is 68.8 Å². The van der Waals surface area contributed by atoms with Gasteiger partial charge in [-0.15, -0.1) is 0 Å². The Morgan fingerprint density at radius 1 is 1.13 bits per heavy atom. The van der Waals surface area contributed by atoms with Crippen LogP contribution in [0.4, 0.5) is 16.0 Å². The van der Waals surface area contributed by atoms with Crippen LogP contribution in [0.5, 0.6) is 0 Å². The number of nitrogens with zero attached hydrogens (tertiary/aromatic N) is 7. The maximum absolute atomic E-state index is 13.1. The normalized spacial score (nSPS) is 17.7. The number of carbonyl (C=O) groups is 2. The van der Waals surface area contributed by atoms with Crippen LogP contribution in [0.2, 0.25) is 0 Å². The Balaban J connectivity index is 1.07. The molecule has 0 aliphatic carbocycles. The summed E-state index contributed by atoms with van der Waals surface area (Å²) in [6.07, 6.45) is 8.39. The smallest absolute Gasteiger partial charge is 0.222 e. The molecule has 1 unspecified atom stereocenters. The second-order valence-corrected chi connectivity index (χ2v) is 13.2.